The van der Waals surface area contributed by atoms with Crippen LogP contribution in [-0.4, -0.2) is 193 Å². The summed E-state index contributed by atoms with van der Waals surface area (Å²) < 4.78 is 34.3. The van der Waals surface area contributed by atoms with Gasteiger partial charge < -0.3 is 89.9 Å². The number of hydrogen-bond acceptors (Lipinski definition) is 18. The van der Waals surface area contributed by atoms with Gasteiger partial charge in [-0.15, -0.1) is 0 Å². The summed E-state index contributed by atoms with van der Waals surface area (Å²) in [5, 5.41) is 120. The van der Waals surface area contributed by atoms with Crippen LogP contribution in [0.3, 0.4) is 0 Å². The first kappa shape index (κ1) is 74.0. The van der Waals surface area contributed by atoms with Gasteiger partial charge >= 0.3 is 0 Å². The first-order valence-electron chi connectivity index (χ1n) is 31.9. The molecule has 3 aliphatic rings. The van der Waals surface area contributed by atoms with Crippen LogP contribution in [-0.2, 0) is 33.2 Å². The molecule has 17 atom stereocenters. The molecule has 1 amide bonds. The molecule has 0 aromatic rings. The Bertz CT molecular complexity index is 1680. The summed E-state index contributed by atoms with van der Waals surface area (Å²) >= 11 is 0. The number of rotatable bonds is 47. The van der Waals surface area contributed by atoms with Crippen molar-refractivity contribution in [1.29, 1.82) is 0 Å². The molecule has 12 N–H and O–H groups in total. The number of unbranched alkanes of at least 4 members (excludes halogenated alkanes) is 25. The van der Waals surface area contributed by atoms with Gasteiger partial charge in [0.1, 0.15) is 73.2 Å². The minimum atomic E-state index is -1.98. The predicted octanol–water partition coefficient (Wildman–Crippen LogP) is 6.65. The predicted molar refractivity (Wildman–Crippen MR) is 314 cm³/mol. The van der Waals surface area contributed by atoms with Crippen molar-refractivity contribution in [2.45, 2.75) is 317 Å². The Morgan fingerprint density at radius 1 is 0.427 bits per heavy atom. The van der Waals surface area contributed by atoms with Crippen LogP contribution in [0.5, 0.6) is 0 Å². The second kappa shape index (κ2) is 46.0. The third-order valence-corrected chi connectivity index (χ3v) is 15.8. The summed E-state index contributed by atoms with van der Waals surface area (Å²) in [7, 11) is 0. The number of carbonyl (C=O) groups excluding carboxylic acids is 1. The van der Waals surface area contributed by atoms with Gasteiger partial charge in [-0.2, -0.15) is 0 Å². The molecule has 0 aliphatic carbocycles. The molecule has 0 bridgehead atoms. The van der Waals surface area contributed by atoms with Gasteiger partial charge in [0.25, 0.3) is 0 Å². The van der Waals surface area contributed by atoms with Gasteiger partial charge in [-0.1, -0.05) is 184 Å². The summed E-state index contributed by atoms with van der Waals surface area (Å²) in [6, 6.07) is -0.997. The third-order valence-electron chi connectivity index (χ3n) is 15.8. The van der Waals surface area contributed by atoms with E-state index in [1.807, 2.05) is 6.08 Å². The lowest BCUT2D eigenvalue weighted by Crippen LogP contribution is -2.66. The van der Waals surface area contributed by atoms with Gasteiger partial charge in [0.2, 0.25) is 5.91 Å². The second-order valence-electron chi connectivity index (χ2n) is 22.8. The summed E-state index contributed by atoms with van der Waals surface area (Å²) in [5.41, 5.74) is 0. The fourth-order valence-corrected chi connectivity index (χ4v) is 10.6. The Hall–Kier alpha value is -2.25. The average molecular weight is 1170 g/mol. The molecule has 0 radical (unpaired) electrons. The number of carbonyl (C=O) groups is 1. The number of aliphatic hydroxyl groups excluding tert-OH is 11. The maximum Gasteiger partial charge on any atom is 0.220 e. The van der Waals surface area contributed by atoms with E-state index in [2.05, 4.69) is 55.6 Å². The van der Waals surface area contributed by atoms with Gasteiger partial charge in [0.15, 0.2) is 18.9 Å². The lowest BCUT2D eigenvalue weighted by atomic mass is 9.96. The second-order valence-corrected chi connectivity index (χ2v) is 22.8. The Morgan fingerprint density at radius 3 is 1.22 bits per heavy atom. The van der Waals surface area contributed by atoms with Crippen molar-refractivity contribution in [3.8, 4) is 0 Å². The summed E-state index contributed by atoms with van der Waals surface area (Å²) in [4.78, 5) is 13.3. The highest BCUT2D eigenvalue weighted by atomic mass is 16.8. The molecule has 3 aliphatic heterocycles. The van der Waals surface area contributed by atoms with Crippen LogP contribution in [0.1, 0.15) is 213 Å². The van der Waals surface area contributed by atoms with E-state index in [4.69, 9.17) is 28.4 Å². The van der Waals surface area contributed by atoms with Crippen molar-refractivity contribution in [1.82, 2.24) is 5.32 Å². The smallest absolute Gasteiger partial charge is 0.220 e. The first-order chi connectivity index (χ1) is 39.8. The highest BCUT2D eigenvalue weighted by Crippen LogP contribution is 2.33. The highest BCUT2D eigenvalue weighted by molar-refractivity contribution is 5.76. The molecule has 0 saturated carbocycles. The molecule has 0 aromatic heterocycles. The standard InChI is InChI=1S/C63H113NO18/c1-3-5-7-9-11-13-15-17-19-21-23-25-27-29-31-33-35-37-39-41-51(69)64-46(47(68)40-38-36-34-32-30-28-26-24-22-20-18-16-14-12-10-8-6-4-2)45-77-61-57(75)54(72)59(49(43-66)79-61)82-63-58(76)55(73)60(50(44-67)80-63)81-62-56(74)53(71)52(70)48(42-65)78-62/h17,19,22,24,30,32,38,40,46-50,52-63,65-68,70-76H,3-16,18,20-21,23,25-29,31,33-37,39,41-45H2,1-2H3,(H,64,69)/b19-17-,24-22+,32-30+,40-38+. The van der Waals surface area contributed by atoms with Crippen molar-refractivity contribution in [2.24, 2.45) is 0 Å². The molecule has 19 heteroatoms. The molecule has 82 heavy (non-hydrogen) atoms. The van der Waals surface area contributed by atoms with Crippen LogP contribution in [0.2, 0.25) is 0 Å². The van der Waals surface area contributed by atoms with E-state index in [-0.39, 0.29) is 18.9 Å². The van der Waals surface area contributed by atoms with E-state index < -0.39 is 124 Å². The Labute approximate surface area is 491 Å². The maximum atomic E-state index is 13.3. The third kappa shape index (κ3) is 29.0. The largest absolute Gasteiger partial charge is 0.394 e. The highest BCUT2D eigenvalue weighted by Gasteiger charge is 2.53. The van der Waals surface area contributed by atoms with Crippen molar-refractivity contribution >= 4 is 5.91 Å². The van der Waals surface area contributed by atoms with Crippen molar-refractivity contribution in [2.75, 3.05) is 26.4 Å². The number of aliphatic hydroxyl groups is 11. The molecule has 3 fully saturated rings. The van der Waals surface area contributed by atoms with Gasteiger partial charge in [-0.25, -0.2) is 0 Å². The number of amides is 1. The summed E-state index contributed by atoms with van der Waals surface area (Å²) in [6.07, 6.45) is 25.1. The minimum absolute atomic E-state index is 0.229. The van der Waals surface area contributed by atoms with E-state index in [0.717, 1.165) is 57.8 Å². The fourth-order valence-electron chi connectivity index (χ4n) is 10.6. The lowest BCUT2D eigenvalue weighted by molar-refractivity contribution is -0.379. The Balaban J connectivity index is 1.50. The van der Waals surface area contributed by atoms with E-state index in [9.17, 15) is 61.0 Å². The molecule has 3 heterocycles. The number of hydrogen-bond donors (Lipinski definition) is 12. The van der Waals surface area contributed by atoms with Gasteiger partial charge in [-0.05, 0) is 70.6 Å². The van der Waals surface area contributed by atoms with E-state index in [1.165, 1.54) is 122 Å². The first-order valence-corrected chi connectivity index (χ1v) is 31.9. The van der Waals surface area contributed by atoms with E-state index in [0.29, 0.717) is 12.8 Å². The molecule has 0 spiro atoms. The number of ether oxygens (including phenoxy) is 6. The van der Waals surface area contributed by atoms with Crippen LogP contribution in [0, 0.1) is 0 Å². The number of allylic oxidation sites excluding steroid dienone is 7. The normalized spacial score (nSPS) is 29.9. The molecular weight excluding hydrogens is 1060 g/mol. The van der Waals surface area contributed by atoms with Gasteiger partial charge in [0, 0.05) is 6.42 Å². The van der Waals surface area contributed by atoms with E-state index >= 15 is 0 Å². The zero-order chi connectivity index (χ0) is 59.7. The van der Waals surface area contributed by atoms with Crippen LogP contribution < -0.4 is 5.32 Å². The maximum absolute atomic E-state index is 13.3. The fraction of sp³-hybridized carbons (Fsp3) is 0.857. The van der Waals surface area contributed by atoms with Crippen LogP contribution in [0.15, 0.2) is 48.6 Å². The molecule has 478 valence electrons. The zero-order valence-electron chi connectivity index (χ0n) is 50.0. The molecular formula is C63H113NO18. The van der Waals surface area contributed by atoms with Crippen molar-refractivity contribution < 1.29 is 89.4 Å². The molecule has 17 unspecified atom stereocenters. The SMILES string of the molecule is CCCCCCCC/C=C\CCCCCCCCCCCC(=O)NC(COC1OC(CO)C(OC2OC(CO)C(OC3OC(CO)C(O)C(O)C3O)C(O)C2O)C(O)C1O)C(O)/C=C/CC/C=C/CC/C=C/CCCCCCCCCC. The minimum Gasteiger partial charge on any atom is -0.394 e. The van der Waals surface area contributed by atoms with E-state index in [1.54, 1.807) is 6.08 Å². The van der Waals surface area contributed by atoms with Crippen LogP contribution in [0.4, 0.5) is 0 Å². The lowest BCUT2D eigenvalue weighted by Gasteiger charge is -2.48. The van der Waals surface area contributed by atoms with Crippen molar-refractivity contribution in [3.63, 3.8) is 0 Å². The Kier molecular flexibility index (Phi) is 41.5. The molecule has 3 saturated heterocycles. The van der Waals surface area contributed by atoms with Gasteiger partial charge in [-0.3, -0.25) is 4.79 Å². The molecule has 19 nitrogen and oxygen atoms in total. The number of nitrogens with one attached hydrogen (secondary N) is 1. The topological polar surface area (TPSA) is 307 Å². The average Bonchev–Trinajstić information content (AvgIpc) is 3.39. The summed E-state index contributed by atoms with van der Waals surface area (Å²) in [6.45, 7) is 1.69. The Morgan fingerprint density at radius 2 is 0.780 bits per heavy atom. The monoisotopic (exact) mass is 1170 g/mol. The van der Waals surface area contributed by atoms with Crippen LogP contribution >= 0.6 is 0 Å². The van der Waals surface area contributed by atoms with Crippen LogP contribution in [0.25, 0.3) is 0 Å². The van der Waals surface area contributed by atoms with Crippen molar-refractivity contribution in [3.05, 3.63) is 48.6 Å². The molecule has 0 aromatic carbocycles. The summed E-state index contributed by atoms with van der Waals surface area (Å²) in [5.74, 6) is -0.293. The zero-order valence-corrected chi connectivity index (χ0v) is 50.0. The quantitative estimate of drug-likeness (QED) is 0.0224. The molecule has 3 rings (SSSR count). The van der Waals surface area contributed by atoms with Gasteiger partial charge in [0.05, 0.1) is 38.6 Å².